The van der Waals surface area contributed by atoms with Gasteiger partial charge in [0, 0.05) is 15.5 Å². The summed E-state index contributed by atoms with van der Waals surface area (Å²) in [6.45, 7) is 0. The topological polar surface area (TPSA) is 71.3 Å². The molecule has 28 heavy (non-hydrogen) atoms. The van der Waals surface area contributed by atoms with Gasteiger partial charge in [-0.25, -0.2) is 0 Å². The van der Waals surface area contributed by atoms with Crippen molar-refractivity contribution in [3.63, 3.8) is 0 Å². The Morgan fingerprint density at radius 2 is 1.43 bits per heavy atom. The number of halogens is 1. The number of carbonyl (C=O) groups is 2. The fourth-order valence-corrected chi connectivity index (χ4v) is 3.33. The molecule has 0 fully saturated rings. The van der Waals surface area contributed by atoms with Crippen LogP contribution in [-0.2, 0) is 0 Å². The molecule has 6 heteroatoms. The van der Waals surface area contributed by atoms with E-state index in [-0.39, 0.29) is 11.7 Å². The van der Waals surface area contributed by atoms with Gasteiger partial charge in [0.15, 0.2) is 0 Å². The third-order valence-electron chi connectivity index (χ3n) is 4.19. The molecule has 138 valence electrons. The first-order valence-corrected chi connectivity index (χ1v) is 9.36. The number of furan rings is 1. The maximum absolute atomic E-state index is 12.8. The van der Waals surface area contributed by atoms with E-state index in [1.54, 1.807) is 42.5 Å². The van der Waals surface area contributed by atoms with Crippen molar-refractivity contribution in [1.29, 1.82) is 0 Å². The van der Waals surface area contributed by atoms with Crippen molar-refractivity contribution < 1.29 is 14.0 Å². The van der Waals surface area contributed by atoms with E-state index in [0.717, 1.165) is 0 Å². The summed E-state index contributed by atoms with van der Waals surface area (Å²) in [6.07, 6.45) is 0. The highest BCUT2D eigenvalue weighted by molar-refractivity contribution is 9.10. The Balaban J connectivity index is 1.72. The standard InChI is InChI=1S/C22H15BrN2O3/c23-17-12-6-4-10-15(17)21(26)25-19-16-11-5-7-13-18(16)28-20(19)22(27)24-14-8-2-1-3-9-14/h1-13H,(H,24,27)(H,25,26). The molecule has 0 spiro atoms. The molecule has 0 atom stereocenters. The Labute approximate surface area is 169 Å². The molecule has 0 saturated heterocycles. The quantitative estimate of drug-likeness (QED) is 0.432. The van der Waals surface area contributed by atoms with Crippen LogP contribution in [0, 0.1) is 0 Å². The number of para-hydroxylation sites is 2. The van der Waals surface area contributed by atoms with Gasteiger partial charge in [-0.2, -0.15) is 0 Å². The van der Waals surface area contributed by atoms with Crippen LogP contribution in [0.25, 0.3) is 11.0 Å². The van der Waals surface area contributed by atoms with Crippen LogP contribution in [-0.4, -0.2) is 11.8 Å². The molecule has 4 aromatic rings. The lowest BCUT2D eigenvalue weighted by atomic mass is 10.1. The van der Waals surface area contributed by atoms with Gasteiger partial charge in [0.05, 0.1) is 5.56 Å². The number of hydrogen-bond donors (Lipinski definition) is 2. The number of hydrogen-bond acceptors (Lipinski definition) is 3. The number of carbonyl (C=O) groups excluding carboxylic acids is 2. The van der Waals surface area contributed by atoms with Crippen LogP contribution in [0.4, 0.5) is 11.4 Å². The molecule has 1 heterocycles. The molecule has 0 aliphatic rings. The van der Waals surface area contributed by atoms with Crippen molar-refractivity contribution in [2.24, 2.45) is 0 Å². The van der Waals surface area contributed by atoms with Crippen LogP contribution < -0.4 is 10.6 Å². The summed E-state index contributed by atoms with van der Waals surface area (Å²) in [5, 5.41) is 6.28. The second-order valence-corrected chi connectivity index (χ2v) is 6.91. The first-order chi connectivity index (χ1) is 13.6. The van der Waals surface area contributed by atoms with Crippen molar-refractivity contribution in [1.82, 2.24) is 0 Å². The summed E-state index contributed by atoms with van der Waals surface area (Å²) in [6, 6.07) is 23.3. The molecule has 2 amide bonds. The molecular formula is C22H15BrN2O3. The van der Waals surface area contributed by atoms with Gasteiger partial charge in [0.1, 0.15) is 11.3 Å². The number of fused-ring (bicyclic) bond motifs is 1. The van der Waals surface area contributed by atoms with E-state index in [2.05, 4.69) is 26.6 Å². The minimum absolute atomic E-state index is 0.0467. The zero-order valence-corrected chi connectivity index (χ0v) is 16.2. The highest BCUT2D eigenvalue weighted by atomic mass is 79.9. The summed E-state index contributed by atoms with van der Waals surface area (Å²) in [4.78, 5) is 25.6. The lowest BCUT2D eigenvalue weighted by Crippen LogP contribution is -2.17. The average Bonchev–Trinajstić information content (AvgIpc) is 3.08. The smallest absolute Gasteiger partial charge is 0.293 e. The minimum atomic E-state index is -0.440. The fraction of sp³-hybridized carbons (Fsp3) is 0. The highest BCUT2D eigenvalue weighted by Crippen LogP contribution is 2.32. The second-order valence-electron chi connectivity index (χ2n) is 6.06. The van der Waals surface area contributed by atoms with Crippen molar-refractivity contribution in [3.8, 4) is 0 Å². The van der Waals surface area contributed by atoms with E-state index < -0.39 is 5.91 Å². The number of benzene rings is 3. The molecule has 0 saturated carbocycles. The summed E-state index contributed by atoms with van der Waals surface area (Å²) >= 11 is 3.38. The number of rotatable bonds is 4. The summed E-state index contributed by atoms with van der Waals surface area (Å²) in [5.74, 6) is -0.733. The third kappa shape index (κ3) is 3.54. The lowest BCUT2D eigenvalue weighted by molar-refractivity contribution is 0.0999. The van der Waals surface area contributed by atoms with E-state index in [1.807, 2.05) is 36.4 Å². The Morgan fingerprint density at radius 1 is 0.750 bits per heavy atom. The van der Waals surface area contributed by atoms with E-state index in [4.69, 9.17) is 4.42 Å². The minimum Gasteiger partial charge on any atom is -0.449 e. The first kappa shape index (κ1) is 18.0. The fourth-order valence-electron chi connectivity index (χ4n) is 2.87. The first-order valence-electron chi connectivity index (χ1n) is 8.57. The highest BCUT2D eigenvalue weighted by Gasteiger charge is 2.23. The van der Waals surface area contributed by atoms with E-state index in [9.17, 15) is 9.59 Å². The van der Waals surface area contributed by atoms with Gasteiger partial charge in [0.25, 0.3) is 11.8 Å². The predicted octanol–water partition coefficient (Wildman–Crippen LogP) is 5.70. The molecule has 1 aromatic heterocycles. The molecule has 0 bridgehead atoms. The molecular weight excluding hydrogens is 420 g/mol. The van der Waals surface area contributed by atoms with Gasteiger partial charge in [-0.05, 0) is 52.3 Å². The Hall–Kier alpha value is -3.38. The Kier molecular flexibility index (Phi) is 4.95. The molecule has 4 rings (SSSR count). The molecule has 2 N–H and O–H groups in total. The van der Waals surface area contributed by atoms with Gasteiger partial charge in [-0.15, -0.1) is 0 Å². The van der Waals surface area contributed by atoms with Crippen LogP contribution in [0.5, 0.6) is 0 Å². The van der Waals surface area contributed by atoms with Crippen molar-refractivity contribution in [3.05, 3.63) is 94.7 Å². The summed E-state index contributed by atoms with van der Waals surface area (Å²) < 4.78 is 6.42. The largest absolute Gasteiger partial charge is 0.449 e. The lowest BCUT2D eigenvalue weighted by Gasteiger charge is -2.08. The maximum atomic E-state index is 12.8. The van der Waals surface area contributed by atoms with E-state index in [1.165, 1.54) is 0 Å². The van der Waals surface area contributed by atoms with E-state index >= 15 is 0 Å². The van der Waals surface area contributed by atoms with Crippen molar-refractivity contribution in [2.75, 3.05) is 10.6 Å². The SMILES string of the molecule is O=C(Nc1c(C(=O)Nc2ccccc2)oc2ccccc12)c1ccccc1Br. The van der Waals surface area contributed by atoms with Gasteiger partial charge < -0.3 is 15.1 Å². The molecule has 0 radical (unpaired) electrons. The van der Waals surface area contributed by atoms with Gasteiger partial charge in [0.2, 0.25) is 5.76 Å². The molecule has 3 aromatic carbocycles. The number of amides is 2. The van der Waals surface area contributed by atoms with Crippen LogP contribution in [0.1, 0.15) is 20.9 Å². The Morgan fingerprint density at radius 3 is 2.21 bits per heavy atom. The zero-order chi connectivity index (χ0) is 19.5. The van der Waals surface area contributed by atoms with Crippen LogP contribution in [0.3, 0.4) is 0 Å². The number of nitrogens with one attached hydrogen (secondary N) is 2. The normalized spacial score (nSPS) is 10.6. The zero-order valence-electron chi connectivity index (χ0n) is 14.6. The monoisotopic (exact) mass is 434 g/mol. The third-order valence-corrected chi connectivity index (χ3v) is 4.88. The Bertz CT molecular complexity index is 1170. The van der Waals surface area contributed by atoms with Crippen molar-refractivity contribution in [2.45, 2.75) is 0 Å². The number of anilines is 2. The second kappa shape index (κ2) is 7.70. The van der Waals surface area contributed by atoms with Gasteiger partial charge in [-0.1, -0.05) is 42.5 Å². The molecule has 0 aliphatic heterocycles. The van der Waals surface area contributed by atoms with Gasteiger partial charge in [-0.3, -0.25) is 9.59 Å². The summed E-state index contributed by atoms with van der Waals surface area (Å²) in [7, 11) is 0. The predicted molar refractivity (Wildman–Crippen MR) is 113 cm³/mol. The molecule has 0 aliphatic carbocycles. The van der Waals surface area contributed by atoms with Crippen LogP contribution >= 0.6 is 15.9 Å². The summed E-state index contributed by atoms with van der Waals surface area (Å²) in [5.41, 5.74) is 1.95. The molecule has 0 unspecified atom stereocenters. The maximum Gasteiger partial charge on any atom is 0.293 e. The van der Waals surface area contributed by atoms with E-state index in [0.29, 0.717) is 32.4 Å². The van der Waals surface area contributed by atoms with Crippen LogP contribution in [0.15, 0.2) is 87.8 Å². The molecule has 5 nitrogen and oxygen atoms in total. The van der Waals surface area contributed by atoms with Gasteiger partial charge >= 0.3 is 0 Å². The van der Waals surface area contributed by atoms with Crippen molar-refractivity contribution >= 4 is 50.1 Å². The van der Waals surface area contributed by atoms with Crippen LogP contribution in [0.2, 0.25) is 0 Å². The average molecular weight is 435 g/mol.